The highest BCUT2D eigenvalue weighted by atomic mass is 16.5. The van der Waals surface area contributed by atoms with Gasteiger partial charge < -0.3 is 30.4 Å². The van der Waals surface area contributed by atoms with Gasteiger partial charge in [-0.2, -0.15) is 0 Å². The smallest absolute Gasteiger partial charge is 0.271 e. The molecule has 1 aliphatic heterocycles. The number of benzene rings is 2. The first-order valence-corrected chi connectivity index (χ1v) is 12.1. The summed E-state index contributed by atoms with van der Waals surface area (Å²) in [7, 11) is 0. The fraction of sp³-hybridized carbons (Fsp3) is 0.250. The average Bonchev–Trinajstić information content (AvgIpc) is 3.44. The van der Waals surface area contributed by atoms with Crippen molar-refractivity contribution in [2.75, 3.05) is 0 Å². The van der Waals surface area contributed by atoms with Gasteiger partial charge in [-0.05, 0) is 54.3 Å². The second kappa shape index (κ2) is 11.9. The van der Waals surface area contributed by atoms with Crippen LogP contribution < -0.4 is 26.0 Å². The molecule has 0 radical (unpaired) electrons. The normalized spacial score (nSPS) is 15.7. The molecule has 3 aromatic rings. The molecule has 0 aliphatic carbocycles. The Bertz CT molecular complexity index is 1240. The van der Waals surface area contributed by atoms with Crippen molar-refractivity contribution in [3.8, 4) is 5.75 Å². The highest BCUT2D eigenvalue weighted by molar-refractivity contribution is 6.01. The number of hydrogen-bond acceptors (Lipinski definition) is 6. The Labute approximate surface area is 215 Å². The number of carbonyl (C=O) groups excluding carboxylic acids is 3. The lowest BCUT2D eigenvalue weighted by Gasteiger charge is -2.25. The third kappa shape index (κ3) is 7.00. The van der Waals surface area contributed by atoms with E-state index < -0.39 is 29.9 Å². The zero-order valence-electron chi connectivity index (χ0n) is 20.7. The molecule has 3 amide bonds. The summed E-state index contributed by atoms with van der Waals surface area (Å²) in [5, 5.41) is 11.1. The van der Waals surface area contributed by atoms with E-state index in [4.69, 9.17) is 9.15 Å². The second-order valence-corrected chi connectivity index (χ2v) is 9.09. The molecule has 2 atom stereocenters. The van der Waals surface area contributed by atoms with Gasteiger partial charge in [0.15, 0.2) is 6.17 Å². The minimum atomic E-state index is -0.835. The molecule has 2 unspecified atom stereocenters. The molecule has 1 aliphatic rings. The van der Waals surface area contributed by atoms with Crippen LogP contribution in [0.1, 0.15) is 48.1 Å². The zero-order valence-corrected chi connectivity index (χ0v) is 20.7. The van der Waals surface area contributed by atoms with Gasteiger partial charge in [0, 0.05) is 11.8 Å². The van der Waals surface area contributed by atoms with Gasteiger partial charge in [0.25, 0.3) is 11.8 Å². The summed E-state index contributed by atoms with van der Waals surface area (Å²) >= 11 is 0. The van der Waals surface area contributed by atoms with E-state index >= 15 is 0 Å². The largest absolute Gasteiger partial charge is 0.489 e. The molecule has 9 nitrogen and oxygen atoms in total. The monoisotopic (exact) mass is 502 g/mol. The Morgan fingerprint density at radius 2 is 1.78 bits per heavy atom. The van der Waals surface area contributed by atoms with Crippen LogP contribution in [0.5, 0.6) is 5.75 Å². The molecule has 0 saturated carbocycles. The van der Waals surface area contributed by atoms with E-state index in [1.165, 1.54) is 12.5 Å². The lowest BCUT2D eigenvalue weighted by Crippen LogP contribution is -2.51. The Hall–Kier alpha value is -4.53. The minimum Gasteiger partial charge on any atom is -0.489 e. The van der Waals surface area contributed by atoms with Crippen LogP contribution in [0.3, 0.4) is 0 Å². The number of carbonyl (C=O) groups is 3. The number of furan rings is 1. The van der Waals surface area contributed by atoms with Crippen molar-refractivity contribution in [1.29, 1.82) is 0 Å². The minimum absolute atomic E-state index is 0.0516. The Morgan fingerprint density at radius 1 is 1.03 bits per heavy atom. The van der Waals surface area contributed by atoms with Gasteiger partial charge in [-0.25, -0.2) is 0 Å². The van der Waals surface area contributed by atoms with Crippen LogP contribution >= 0.6 is 0 Å². The Morgan fingerprint density at radius 3 is 2.43 bits per heavy atom. The highest BCUT2D eigenvalue weighted by Crippen LogP contribution is 2.16. The van der Waals surface area contributed by atoms with Crippen molar-refractivity contribution in [2.45, 2.75) is 39.1 Å². The maximum atomic E-state index is 13.0. The molecule has 0 bridgehead atoms. The molecular formula is C28H30N4O5. The molecule has 192 valence electrons. The van der Waals surface area contributed by atoms with Crippen molar-refractivity contribution < 1.29 is 23.5 Å². The lowest BCUT2D eigenvalue weighted by atomic mass is 10.0. The predicted octanol–water partition coefficient (Wildman–Crippen LogP) is 3.38. The number of hydrogen-bond donors (Lipinski definition) is 4. The van der Waals surface area contributed by atoms with Gasteiger partial charge in [-0.1, -0.05) is 44.2 Å². The molecule has 4 N–H and O–H groups in total. The summed E-state index contributed by atoms with van der Waals surface area (Å²) in [6.45, 7) is 4.32. The third-order valence-electron chi connectivity index (χ3n) is 5.69. The van der Waals surface area contributed by atoms with Crippen LogP contribution in [0.4, 0.5) is 0 Å². The molecule has 1 aromatic heterocycles. The number of amides is 3. The van der Waals surface area contributed by atoms with Crippen LogP contribution in [0.15, 0.2) is 89.3 Å². The Kier molecular flexibility index (Phi) is 8.25. The second-order valence-electron chi connectivity index (χ2n) is 9.09. The van der Waals surface area contributed by atoms with E-state index in [1.54, 1.807) is 36.4 Å². The fourth-order valence-corrected chi connectivity index (χ4v) is 3.79. The van der Waals surface area contributed by atoms with Crippen LogP contribution in [0.2, 0.25) is 0 Å². The summed E-state index contributed by atoms with van der Waals surface area (Å²) in [5.74, 6) is -0.0449. The van der Waals surface area contributed by atoms with Gasteiger partial charge >= 0.3 is 0 Å². The number of ether oxygens (including phenoxy) is 1. The summed E-state index contributed by atoms with van der Waals surface area (Å²) < 4.78 is 11.1. The number of rotatable bonds is 10. The van der Waals surface area contributed by atoms with Crippen molar-refractivity contribution in [3.63, 3.8) is 0 Å². The van der Waals surface area contributed by atoms with E-state index in [2.05, 4.69) is 21.3 Å². The molecule has 4 rings (SSSR count). The van der Waals surface area contributed by atoms with Crippen molar-refractivity contribution in [3.05, 3.63) is 102 Å². The standard InChI is InChI=1S/C28H30N4O5/c1-18(2)15-22(27(34)31-23-16-29-25(32-28(23)35)24-9-6-14-36-24)30-26(33)20-10-12-21(13-11-20)37-17-19-7-4-3-5-8-19/h3-14,16,18,22,25,29H,15,17H2,1-2H3,(H,30,33)(H,31,34)(H,32,35). The van der Waals surface area contributed by atoms with E-state index in [0.29, 0.717) is 30.1 Å². The lowest BCUT2D eigenvalue weighted by molar-refractivity contribution is -0.126. The molecule has 37 heavy (non-hydrogen) atoms. The molecular weight excluding hydrogens is 472 g/mol. The van der Waals surface area contributed by atoms with Crippen molar-refractivity contribution in [2.24, 2.45) is 5.92 Å². The van der Waals surface area contributed by atoms with Gasteiger partial charge in [0.1, 0.15) is 29.9 Å². The topological polar surface area (TPSA) is 122 Å². The summed E-state index contributed by atoms with van der Waals surface area (Å²) in [6, 6.07) is 19.1. The maximum absolute atomic E-state index is 13.0. The van der Waals surface area contributed by atoms with E-state index in [-0.39, 0.29) is 11.6 Å². The van der Waals surface area contributed by atoms with Gasteiger partial charge in [0.2, 0.25) is 5.91 Å². The van der Waals surface area contributed by atoms with Gasteiger partial charge in [-0.3, -0.25) is 14.4 Å². The maximum Gasteiger partial charge on any atom is 0.271 e. The molecule has 9 heteroatoms. The van der Waals surface area contributed by atoms with Crippen LogP contribution in [0.25, 0.3) is 0 Å². The molecule has 2 aromatic carbocycles. The molecule has 0 fully saturated rings. The third-order valence-corrected chi connectivity index (χ3v) is 5.69. The summed E-state index contributed by atoms with van der Waals surface area (Å²) in [5.41, 5.74) is 1.49. The molecule has 0 spiro atoms. The first kappa shape index (κ1) is 25.6. The van der Waals surface area contributed by atoms with E-state index in [9.17, 15) is 14.4 Å². The number of nitrogens with one attached hydrogen (secondary N) is 4. The van der Waals surface area contributed by atoms with Crippen LogP contribution in [-0.4, -0.2) is 23.8 Å². The molecule has 2 heterocycles. The molecule has 0 saturated heterocycles. The zero-order chi connectivity index (χ0) is 26.2. The quantitative estimate of drug-likeness (QED) is 0.337. The van der Waals surface area contributed by atoms with E-state index in [1.807, 2.05) is 44.2 Å². The van der Waals surface area contributed by atoms with E-state index in [0.717, 1.165) is 5.56 Å². The first-order valence-electron chi connectivity index (χ1n) is 12.1. The first-order chi connectivity index (χ1) is 17.9. The summed E-state index contributed by atoms with van der Waals surface area (Å²) in [6.07, 6.45) is 2.79. The van der Waals surface area contributed by atoms with Crippen molar-refractivity contribution >= 4 is 17.7 Å². The van der Waals surface area contributed by atoms with Crippen LogP contribution in [-0.2, 0) is 16.2 Å². The van der Waals surface area contributed by atoms with Gasteiger partial charge in [0.05, 0.1) is 6.26 Å². The van der Waals surface area contributed by atoms with Crippen LogP contribution in [0, 0.1) is 5.92 Å². The SMILES string of the molecule is CC(C)CC(NC(=O)c1ccc(OCc2ccccc2)cc1)C(=O)NC1=CNC(c2ccco2)NC1=O. The predicted molar refractivity (Wildman–Crippen MR) is 137 cm³/mol. The van der Waals surface area contributed by atoms with Gasteiger partial charge in [-0.15, -0.1) is 0 Å². The summed E-state index contributed by atoms with van der Waals surface area (Å²) in [4.78, 5) is 38.5. The average molecular weight is 503 g/mol. The Balaban J connectivity index is 1.35. The fourth-order valence-electron chi connectivity index (χ4n) is 3.79. The van der Waals surface area contributed by atoms with Crippen molar-refractivity contribution in [1.82, 2.24) is 21.3 Å². The highest BCUT2D eigenvalue weighted by Gasteiger charge is 2.28.